The molecular weight excluding hydrogens is 393 g/mol. The molecule has 3 aromatic rings. The van der Waals surface area contributed by atoms with Gasteiger partial charge in [-0.1, -0.05) is 23.7 Å². The molecule has 2 aromatic carbocycles. The Kier molecular flexibility index (Phi) is 5.62. The lowest BCUT2D eigenvalue weighted by Gasteiger charge is -2.14. The van der Waals surface area contributed by atoms with Crippen molar-refractivity contribution in [1.29, 1.82) is 0 Å². The summed E-state index contributed by atoms with van der Waals surface area (Å²) in [6, 6.07) is 10.2. The number of fused-ring (bicyclic) bond motifs is 1. The van der Waals surface area contributed by atoms with Gasteiger partial charge < -0.3 is 14.8 Å². The molecule has 0 saturated carbocycles. The van der Waals surface area contributed by atoms with Crippen LogP contribution in [0.5, 0.6) is 0 Å². The number of nitrogens with one attached hydrogen (secondary N) is 1. The number of halogens is 4. The van der Waals surface area contributed by atoms with Crippen molar-refractivity contribution >= 4 is 34.2 Å². The summed E-state index contributed by atoms with van der Waals surface area (Å²) in [5.74, 6) is 0.181. The normalized spacial score (nSPS) is 12.0. The lowest BCUT2D eigenvalue weighted by Crippen LogP contribution is -2.23. The lowest BCUT2D eigenvalue weighted by molar-refractivity contribution is -0.137. The predicted molar refractivity (Wildman–Crippen MR) is 102 cm³/mol. The summed E-state index contributed by atoms with van der Waals surface area (Å²) in [4.78, 5) is 19.0. The molecular formula is C19H18ClF3N4O. The predicted octanol–water partition coefficient (Wildman–Crippen LogP) is 4.41. The zero-order valence-corrected chi connectivity index (χ0v) is 16.0. The molecule has 1 N–H and O–H groups in total. The number of amides is 1. The fourth-order valence-electron chi connectivity index (χ4n) is 2.84. The molecule has 0 aliphatic rings. The summed E-state index contributed by atoms with van der Waals surface area (Å²) < 4.78 is 40.5. The largest absolute Gasteiger partial charge is 0.416 e. The zero-order chi connectivity index (χ0) is 20.5. The summed E-state index contributed by atoms with van der Waals surface area (Å²) in [6.45, 7) is 0.405. The van der Waals surface area contributed by atoms with E-state index in [0.717, 1.165) is 29.2 Å². The fourth-order valence-corrected chi connectivity index (χ4v) is 3.00. The standard InChI is InChI=1S/C19H18ClF3N4O/c1-26(2)10-17-24-14-5-3-4-6-16(14)27(17)11-18(28)25-15-9-12(19(21,22)23)7-8-13(15)20/h3-9H,10-11H2,1-2H3,(H,25,28). The quantitative estimate of drug-likeness (QED) is 0.678. The third-order valence-electron chi connectivity index (χ3n) is 4.06. The van der Waals surface area contributed by atoms with Gasteiger partial charge in [0, 0.05) is 0 Å². The molecule has 0 spiro atoms. The van der Waals surface area contributed by atoms with Gasteiger partial charge in [-0.3, -0.25) is 4.79 Å². The zero-order valence-electron chi connectivity index (χ0n) is 15.2. The maximum atomic E-state index is 12.9. The molecule has 1 amide bonds. The van der Waals surface area contributed by atoms with E-state index < -0.39 is 17.6 Å². The molecule has 28 heavy (non-hydrogen) atoms. The van der Waals surface area contributed by atoms with Gasteiger partial charge in [0.25, 0.3) is 0 Å². The van der Waals surface area contributed by atoms with E-state index in [0.29, 0.717) is 12.4 Å². The van der Waals surface area contributed by atoms with Gasteiger partial charge in [-0.25, -0.2) is 4.98 Å². The Bertz CT molecular complexity index is 1010. The summed E-state index contributed by atoms with van der Waals surface area (Å²) in [7, 11) is 3.76. The van der Waals surface area contributed by atoms with E-state index in [2.05, 4.69) is 10.3 Å². The van der Waals surface area contributed by atoms with Crippen LogP contribution in [0.3, 0.4) is 0 Å². The van der Waals surface area contributed by atoms with Crippen LogP contribution in [-0.2, 0) is 24.1 Å². The van der Waals surface area contributed by atoms with Crippen LogP contribution in [0.25, 0.3) is 11.0 Å². The van der Waals surface area contributed by atoms with E-state index in [4.69, 9.17) is 11.6 Å². The Balaban J connectivity index is 1.88. The van der Waals surface area contributed by atoms with Crippen LogP contribution < -0.4 is 5.32 Å². The van der Waals surface area contributed by atoms with Gasteiger partial charge >= 0.3 is 6.18 Å². The second-order valence-corrected chi connectivity index (χ2v) is 6.99. The minimum atomic E-state index is -4.52. The van der Waals surface area contributed by atoms with Crippen molar-refractivity contribution in [2.75, 3.05) is 19.4 Å². The summed E-state index contributed by atoms with van der Waals surface area (Å²) in [5, 5.41) is 2.51. The third kappa shape index (κ3) is 4.45. The molecule has 3 rings (SSSR count). The van der Waals surface area contributed by atoms with Crippen molar-refractivity contribution in [3.8, 4) is 0 Å². The highest BCUT2D eigenvalue weighted by Crippen LogP contribution is 2.33. The average molecular weight is 411 g/mol. The Morgan fingerprint density at radius 3 is 2.61 bits per heavy atom. The monoisotopic (exact) mass is 410 g/mol. The molecule has 9 heteroatoms. The highest BCUT2D eigenvalue weighted by molar-refractivity contribution is 6.33. The van der Waals surface area contributed by atoms with Crippen LogP contribution in [0, 0.1) is 0 Å². The maximum absolute atomic E-state index is 12.9. The molecule has 0 aliphatic heterocycles. The van der Waals surface area contributed by atoms with Crippen LogP contribution >= 0.6 is 11.6 Å². The molecule has 1 heterocycles. The summed E-state index contributed by atoms with van der Waals surface area (Å²) in [5.41, 5.74) is 0.544. The highest BCUT2D eigenvalue weighted by Gasteiger charge is 2.31. The number of hydrogen-bond acceptors (Lipinski definition) is 3. The van der Waals surface area contributed by atoms with Crippen molar-refractivity contribution in [3.05, 3.63) is 58.9 Å². The number of alkyl halides is 3. The van der Waals surface area contributed by atoms with Crippen LogP contribution in [0.2, 0.25) is 5.02 Å². The van der Waals surface area contributed by atoms with Crippen molar-refractivity contribution in [2.45, 2.75) is 19.3 Å². The number of imidazole rings is 1. The lowest BCUT2D eigenvalue weighted by atomic mass is 10.2. The second kappa shape index (κ2) is 7.81. The van der Waals surface area contributed by atoms with E-state index in [1.807, 2.05) is 43.3 Å². The first-order valence-electron chi connectivity index (χ1n) is 8.40. The van der Waals surface area contributed by atoms with Crippen molar-refractivity contribution in [3.63, 3.8) is 0 Å². The number of benzene rings is 2. The molecule has 0 aliphatic carbocycles. The maximum Gasteiger partial charge on any atom is 0.416 e. The first-order valence-corrected chi connectivity index (χ1v) is 8.78. The van der Waals surface area contributed by atoms with Crippen molar-refractivity contribution in [1.82, 2.24) is 14.5 Å². The number of carbonyl (C=O) groups is 1. The Hall–Kier alpha value is -2.58. The van der Waals surface area contributed by atoms with Gasteiger partial charge in [0.05, 0.1) is 33.9 Å². The van der Waals surface area contributed by atoms with Crippen LogP contribution in [0.4, 0.5) is 18.9 Å². The number of anilines is 1. The van der Waals surface area contributed by atoms with Crippen LogP contribution in [-0.4, -0.2) is 34.5 Å². The van der Waals surface area contributed by atoms with Crippen molar-refractivity contribution < 1.29 is 18.0 Å². The molecule has 0 unspecified atom stereocenters. The van der Waals surface area contributed by atoms with E-state index in [-0.39, 0.29) is 17.3 Å². The van der Waals surface area contributed by atoms with Crippen LogP contribution in [0.15, 0.2) is 42.5 Å². The second-order valence-electron chi connectivity index (χ2n) is 6.58. The molecule has 5 nitrogen and oxygen atoms in total. The van der Waals surface area contributed by atoms with Gasteiger partial charge in [0.15, 0.2) is 0 Å². The Morgan fingerprint density at radius 2 is 1.93 bits per heavy atom. The first kappa shape index (κ1) is 20.2. The summed E-state index contributed by atoms with van der Waals surface area (Å²) in [6.07, 6.45) is -4.52. The van der Waals surface area contributed by atoms with Gasteiger partial charge in [-0.2, -0.15) is 13.2 Å². The molecule has 0 saturated heterocycles. The van der Waals surface area contributed by atoms with Gasteiger partial charge in [-0.05, 0) is 44.4 Å². The van der Waals surface area contributed by atoms with Gasteiger partial charge in [0.1, 0.15) is 12.4 Å². The van der Waals surface area contributed by atoms with Gasteiger partial charge in [0.2, 0.25) is 5.91 Å². The molecule has 1 aromatic heterocycles. The minimum Gasteiger partial charge on any atom is -0.323 e. The molecule has 0 bridgehead atoms. The number of aromatic nitrogens is 2. The molecule has 0 atom stereocenters. The number of rotatable bonds is 5. The summed E-state index contributed by atoms with van der Waals surface area (Å²) >= 11 is 5.96. The molecule has 0 fully saturated rings. The van der Waals surface area contributed by atoms with Crippen LogP contribution in [0.1, 0.15) is 11.4 Å². The number of nitrogens with zero attached hydrogens (tertiary/aromatic N) is 3. The minimum absolute atomic E-state index is 0.0327. The van der Waals surface area contributed by atoms with E-state index in [1.165, 1.54) is 0 Å². The average Bonchev–Trinajstić information content (AvgIpc) is 2.92. The fraction of sp³-hybridized carbons (Fsp3) is 0.263. The van der Waals surface area contributed by atoms with E-state index in [1.54, 1.807) is 4.57 Å². The first-order chi connectivity index (χ1) is 13.1. The number of para-hydroxylation sites is 2. The Morgan fingerprint density at radius 1 is 1.21 bits per heavy atom. The number of hydrogen-bond donors (Lipinski definition) is 1. The number of carbonyl (C=O) groups excluding carboxylic acids is 1. The van der Waals surface area contributed by atoms with Crippen molar-refractivity contribution in [2.24, 2.45) is 0 Å². The smallest absolute Gasteiger partial charge is 0.323 e. The Labute approximate surface area is 164 Å². The SMILES string of the molecule is CN(C)Cc1nc2ccccc2n1CC(=O)Nc1cc(C(F)(F)F)ccc1Cl. The topological polar surface area (TPSA) is 50.2 Å². The van der Waals surface area contributed by atoms with E-state index in [9.17, 15) is 18.0 Å². The third-order valence-corrected chi connectivity index (χ3v) is 4.39. The molecule has 0 radical (unpaired) electrons. The molecule has 148 valence electrons. The van der Waals surface area contributed by atoms with Gasteiger partial charge in [-0.15, -0.1) is 0 Å². The van der Waals surface area contributed by atoms with E-state index >= 15 is 0 Å². The highest BCUT2D eigenvalue weighted by atomic mass is 35.5.